The molecule has 6 nitrogen and oxygen atoms in total. The highest BCUT2D eigenvalue weighted by atomic mass is 16.5. The van der Waals surface area contributed by atoms with Crippen LogP contribution in [0.3, 0.4) is 0 Å². The molecule has 0 aliphatic heterocycles. The molecule has 23 heavy (non-hydrogen) atoms. The first-order valence-corrected chi connectivity index (χ1v) is 7.54. The normalized spacial score (nSPS) is 10.6. The first-order chi connectivity index (χ1) is 11.1. The molecule has 1 aromatic carbocycles. The summed E-state index contributed by atoms with van der Waals surface area (Å²) in [6, 6.07) is 8.52. The zero-order valence-electron chi connectivity index (χ0n) is 13.4. The molecule has 0 aromatic heterocycles. The van der Waals surface area contributed by atoms with E-state index in [1.165, 1.54) is 6.20 Å². The maximum Gasteiger partial charge on any atom is 0.350 e. The molecule has 1 rings (SSSR count). The summed E-state index contributed by atoms with van der Waals surface area (Å²) >= 11 is 0. The Morgan fingerprint density at radius 3 is 2.52 bits per heavy atom. The topological polar surface area (TPSA) is 91.2 Å². The molecular formula is C17H21N3O3. The van der Waals surface area contributed by atoms with Crippen molar-refractivity contribution in [2.24, 2.45) is 0 Å². The van der Waals surface area contributed by atoms with E-state index in [1.807, 2.05) is 0 Å². The van der Waals surface area contributed by atoms with Crippen LogP contribution in [0.4, 0.5) is 5.69 Å². The van der Waals surface area contributed by atoms with Crippen molar-refractivity contribution in [2.45, 2.75) is 26.7 Å². The number of hydrogen-bond acceptors (Lipinski definition) is 5. The molecule has 0 heterocycles. The number of carbonyl (C=O) groups is 2. The summed E-state index contributed by atoms with van der Waals surface area (Å²) in [7, 11) is 0. The average molecular weight is 315 g/mol. The van der Waals surface area contributed by atoms with Gasteiger partial charge in [0.1, 0.15) is 6.07 Å². The fraction of sp³-hybridized carbons (Fsp3) is 0.353. The molecule has 1 amide bonds. The first-order valence-electron chi connectivity index (χ1n) is 7.54. The van der Waals surface area contributed by atoms with Gasteiger partial charge in [-0.3, -0.25) is 4.79 Å². The summed E-state index contributed by atoms with van der Waals surface area (Å²) in [6.45, 7) is 4.60. The molecule has 0 bridgehead atoms. The Kier molecular flexibility index (Phi) is 7.94. The van der Waals surface area contributed by atoms with Gasteiger partial charge in [-0.15, -0.1) is 0 Å². The number of ether oxygens (including phenoxy) is 1. The SMILES string of the molecule is CCCCNC(=O)c1ccc(N/C=C(\C#N)C(=O)OCC)cc1. The van der Waals surface area contributed by atoms with E-state index in [1.54, 1.807) is 37.3 Å². The zero-order chi connectivity index (χ0) is 17.1. The molecule has 0 spiro atoms. The second-order valence-electron chi connectivity index (χ2n) is 4.72. The monoisotopic (exact) mass is 315 g/mol. The molecule has 0 aliphatic carbocycles. The average Bonchev–Trinajstić information content (AvgIpc) is 2.56. The lowest BCUT2D eigenvalue weighted by Crippen LogP contribution is -2.24. The highest BCUT2D eigenvalue weighted by Crippen LogP contribution is 2.10. The predicted molar refractivity (Wildman–Crippen MR) is 87.6 cm³/mol. The number of amides is 1. The van der Waals surface area contributed by atoms with Gasteiger partial charge in [0.25, 0.3) is 5.91 Å². The van der Waals surface area contributed by atoms with Crippen LogP contribution in [0.25, 0.3) is 0 Å². The highest BCUT2D eigenvalue weighted by Gasteiger charge is 2.09. The number of carbonyl (C=O) groups excluding carboxylic acids is 2. The van der Waals surface area contributed by atoms with Gasteiger partial charge in [0.15, 0.2) is 5.57 Å². The summed E-state index contributed by atoms with van der Waals surface area (Å²) in [4.78, 5) is 23.3. The minimum Gasteiger partial charge on any atom is -0.462 e. The van der Waals surface area contributed by atoms with E-state index in [0.717, 1.165) is 12.8 Å². The van der Waals surface area contributed by atoms with Crippen molar-refractivity contribution < 1.29 is 14.3 Å². The predicted octanol–water partition coefficient (Wildman–Crippen LogP) is 2.60. The lowest BCUT2D eigenvalue weighted by atomic mass is 10.2. The van der Waals surface area contributed by atoms with Gasteiger partial charge in [-0.1, -0.05) is 13.3 Å². The summed E-state index contributed by atoms with van der Waals surface area (Å²) in [5.74, 6) is -0.792. The van der Waals surface area contributed by atoms with Gasteiger partial charge >= 0.3 is 5.97 Å². The van der Waals surface area contributed by atoms with Crippen LogP contribution in [0, 0.1) is 11.3 Å². The fourth-order valence-electron chi connectivity index (χ4n) is 1.70. The summed E-state index contributed by atoms with van der Waals surface area (Å²) in [5.41, 5.74) is 1.10. The third-order valence-corrected chi connectivity index (χ3v) is 2.96. The van der Waals surface area contributed by atoms with E-state index in [2.05, 4.69) is 17.6 Å². The highest BCUT2D eigenvalue weighted by molar-refractivity contribution is 5.95. The Morgan fingerprint density at radius 2 is 1.96 bits per heavy atom. The van der Waals surface area contributed by atoms with E-state index in [4.69, 9.17) is 10.00 Å². The molecule has 2 N–H and O–H groups in total. The van der Waals surface area contributed by atoms with Crippen LogP contribution in [-0.4, -0.2) is 25.0 Å². The zero-order valence-corrected chi connectivity index (χ0v) is 13.4. The van der Waals surface area contributed by atoms with Crippen LogP contribution in [0.1, 0.15) is 37.0 Å². The van der Waals surface area contributed by atoms with Crippen molar-refractivity contribution in [3.8, 4) is 6.07 Å². The first kappa shape index (κ1) is 18.2. The van der Waals surface area contributed by atoms with Crippen molar-refractivity contribution in [3.63, 3.8) is 0 Å². The van der Waals surface area contributed by atoms with Crippen LogP contribution in [0.15, 0.2) is 36.0 Å². The fourth-order valence-corrected chi connectivity index (χ4v) is 1.70. The molecule has 6 heteroatoms. The maximum absolute atomic E-state index is 11.9. The third kappa shape index (κ3) is 6.22. The molecule has 0 radical (unpaired) electrons. The number of anilines is 1. The van der Waals surface area contributed by atoms with Gasteiger partial charge in [-0.05, 0) is 37.6 Å². The number of nitrogens with zero attached hydrogens (tertiary/aromatic N) is 1. The Balaban J connectivity index is 2.65. The number of nitriles is 1. The van der Waals surface area contributed by atoms with Crippen LogP contribution >= 0.6 is 0 Å². The molecule has 1 aromatic rings. The minimum absolute atomic E-state index is 0.117. The van der Waals surface area contributed by atoms with E-state index < -0.39 is 5.97 Å². The maximum atomic E-state index is 11.9. The number of hydrogen-bond donors (Lipinski definition) is 2. The number of nitrogens with one attached hydrogen (secondary N) is 2. The summed E-state index contributed by atoms with van der Waals surface area (Å²) in [6.07, 6.45) is 3.26. The van der Waals surface area contributed by atoms with Gasteiger partial charge in [0.2, 0.25) is 0 Å². The van der Waals surface area contributed by atoms with Gasteiger partial charge in [0.05, 0.1) is 6.61 Å². The van der Waals surface area contributed by atoms with Gasteiger partial charge < -0.3 is 15.4 Å². The second-order valence-corrected chi connectivity index (χ2v) is 4.72. The van der Waals surface area contributed by atoms with E-state index in [0.29, 0.717) is 17.8 Å². The largest absolute Gasteiger partial charge is 0.462 e. The van der Waals surface area contributed by atoms with Crippen molar-refractivity contribution in [1.82, 2.24) is 5.32 Å². The van der Waals surface area contributed by atoms with Crippen molar-refractivity contribution in [3.05, 3.63) is 41.6 Å². The molecular weight excluding hydrogens is 294 g/mol. The molecule has 0 atom stereocenters. The second kappa shape index (κ2) is 10.0. The Bertz CT molecular complexity index is 601. The van der Waals surface area contributed by atoms with Gasteiger partial charge in [-0.25, -0.2) is 4.79 Å². The summed E-state index contributed by atoms with van der Waals surface area (Å²) < 4.78 is 4.76. The lowest BCUT2D eigenvalue weighted by Gasteiger charge is -2.06. The number of rotatable bonds is 8. The molecule has 0 aliphatic rings. The summed E-state index contributed by atoms with van der Waals surface area (Å²) in [5, 5.41) is 14.6. The van der Waals surface area contributed by atoms with E-state index in [9.17, 15) is 9.59 Å². The minimum atomic E-state index is -0.672. The van der Waals surface area contributed by atoms with Gasteiger partial charge in [0, 0.05) is 24.0 Å². The van der Waals surface area contributed by atoms with Crippen LogP contribution in [0.2, 0.25) is 0 Å². The quantitative estimate of drug-likeness (QED) is 0.333. The Hall–Kier alpha value is -2.81. The van der Waals surface area contributed by atoms with Crippen LogP contribution < -0.4 is 10.6 Å². The van der Waals surface area contributed by atoms with Crippen molar-refractivity contribution in [1.29, 1.82) is 5.26 Å². The number of benzene rings is 1. The molecule has 0 saturated heterocycles. The standard InChI is InChI=1S/C17H21N3O3/c1-3-5-10-19-16(21)13-6-8-15(9-7-13)20-12-14(11-18)17(22)23-4-2/h6-9,12,20H,3-5,10H2,1-2H3,(H,19,21)/b14-12+. The molecule has 0 fully saturated rings. The number of unbranched alkanes of at least 4 members (excludes halogenated alkanes) is 1. The van der Waals surface area contributed by atoms with Crippen LogP contribution in [-0.2, 0) is 9.53 Å². The van der Waals surface area contributed by atoms with E-state index >= 15 is 0 Å². The number of esters is 1. The molecule has 122 valence electrons. The molecule has 0 unspecified atom stereocenters. The lowest BCUT2D eigenvalue weighted by molar-refractivity contribution is -0.138. The smallest absolute Gasteiger partial charge is 0.350 e. The molecule has 0 saturated carbocycles. The Morgan fingerprint density at radius 1 is 1.26 bits per heavy atom. The van der Waals surface area contributed by atoms with E-state index in [-0.39, 0.29) is 18.1 Å². The third-order valence-electron chi connectivity index (χ3n) is 2.96. The van der Waals surface area contributed by atoms with Crippen molar-refractivity contribution >= 4 is 17.6 Å². The van der Waals surface area contributed by atoms with Crippen molar-refractivity contribution in [2.75, 3.05) is 18.5 Å². The Labute approximate surface area is 136 Å². The van der Waals surface area contributed by atoms with Gasteiger partial charge in [-0.2, -0.15) is 5.26 Å². The van der Waals surface area contributed by atoms with Crippen LogP contribution in [0.5, 0.6) is 0 Å².